The Hall–Kier alpha value is -2.14. The van der Waals surface area contributed by atoms with E-state index in [2.05, 4.69) is 15.3 Å². The Bertz CT molecular complexity index is 561. The van der Waals surface area contributed by atoms with Gasteiger partial charge in [0.05, 0.1) is 28.5 Å². The zero-order valence-corrected chi connectivity index (χ0v) is 10.1. The maximum Gasteiger partial charge on any atom is 0.335 e. The molecule has 0 radical (unpaired) electrons. The maximum atomic E-state index is 10.7. The number of halogens is 1. The van der Waals surface area contributed by atoms with Crippen molar-refractivity contribution < 1.29 is 9.90 Å². The SMILES string of the molecule is O=C(O)c1ccc(NCc2ccncn2)c(Cl)c1. The number of hydrogen-bond donors (Lipinski definition) is 2. The maximum absolute atomic E-state index is 10.7. The van der Waals surface area contributed by atoms with Gasteiger partial charge in [-0.2, -0.15) is 0 Å². The average molecular weight is 264 g/mol. The topological polar surface area (TPSA) is 75.1 Å². The third-order valence-electron chi connectivity index (χ3n) is 2.32. The highest BCUT2D eigenvalue weighted by atomic mass is 35.5. The molecule has 18 heavy (non-hydrogen) atoms. The van der Waals surface area contributed by atoms with E-state index in [4.69, 9.17) is 16.7 Å². The van der Waals surface area contributed by atoms with Crippen molar-refractivity contribution in [2.75, 3.05) is 5.32 Å². The van der Waals surface area contributed by atoms with Crippen molar-refractivity contribution in [2.24, 2.45) is 0 Å². The summed E-state index contributed by atoms with van der Waals surface area (Å²) in [7, 11) is 0. The Morgan fingerprint density at radius 3 is 2.83 bits per heavy atom. The molecule has 0 amide bonds. The zero-order valence-electron chi connectivity index (χ0n) is 9.30. The predicted octanol–water partition coefficient (Wildman–Crippen LogP) is 2.44. The molecule has 0 fully saturated rings. The lowest BCUT2D eigenvalue weighted by Crippen LogP contribution is -2.03. The van der Waals surface area contributed by atoms with Gasteiger partial charge in [0.2, 0.25) is 0 Å². The van der Waals surface area contributed by atoms with Gasteiger partial charge in [-0.05, 0) is 24.3 Å². The molecule has 0 spiro atoms. The minimum absolute atomic E-state index is 0.160. The molecule has 1 heterocycles. The number of anilines is 1. The van der Waals surface area contributed by atoms with Crippen LogP contribution in [0.25, 0.3) is 0 Å². The van der Waals surface area contributed by atoms with Gasteiger partial charge >= 0.3 is 5.97 Å². The summed E-state index contributed by atoms with van der Waals surface area (Å²) in [4.78, 5) is 18.6. The summed E-state index contributed by atoms with van der Waals surface area (Å²) in [6, 6.07) is 6.32. The van der Waals surface area contributed by atoms with Crippen molar-refractivity contribution in [3.8, 4) is 0 Å². The van der Waals surface area contributed by atoms with E-state index in [1.807, 2.05) is 0 Å². The van der Waals surface area contributed by atoms with E-state index in [1.54, 1.807) is 18.3 Å². The van der Waals surface area contributed by atoms with Crippen LogP contribution in [0.4, 0.5) is 5.69 Å². The number of benzene rings is 1. The van der Waals surface area contributed by atoms with Gasteiger partial charge in [-0.15, -0.1) is 0 Å². The van der Waals surface area contributed by atoms with E-state index in [9.17, 15) is 4.79 Å². The number of carbonyl (C=O) groups is 1. The highest BCUT2D eigenvalue weighted by molar-refractivity contribution is 6.33. The minimum atomic E-state index is -1.00. The second-order valence-electron chi connectivity index (χ2n) is 3.55. The van der Waals surface area contributed by atoms with Gasteiger partial charge in [0.15, 0.2) is 0 Å². The van der Waals surface area contributed by atoms with E-state index >= 15 is 0 Å². The Morgan fingerprint density at radius 1 is 1.39 bits per heavy atom. The monoisotopic (exact) mass is 263 g/mol. The fraction of sp³-hybridized carbons (Fsp3) is 0.0833. The second-order valence-corrected chi connectivity index (χ2v) is 3.96. The lowest BCUT2D eigenvalue weighted by atomic mass is 10.2. The fourth-order valence-corrected chi connectivity index (χ4v) is 1.65. The number of rotatable bonds is 4. The molecule has 92 valence electrons. The van der Waals surface area contributed by atoms with Gasteiger partial charge in [0, 0.05) is 6.20 Å². The summed E-state index contributed by atoms with van der Waals surface area (Å²) in [5, 5.41) is 12.3. The van der Waals surface area contributed by atoms with Gasteiger partial charge < -0.3 is 10.4 Å². The molecule has 0 saturated carbocycles. The molecule has 0 aliphatic heterocycles. The van der Waals surface area contributed by atoms with E-state index in [-0.39, 0.29) is 5.56 Å². The third-order valence-corrected chi connectivity index (χ3v) is 2.63. The van der Waals surface area contributed by atoms with Gasteiger partial charge in [-0.3, -0.25) is 0 Å². The van der Waals surface area contributed by atoms with E-state index in [0.717, 1.165) is 5.69 Å². The summed E-state index contributed by atoms with van der Waals surface area (Å²) in [5.74, 6) is -1.00. The van der Waals surface area contributed by atoms with E-state index in [0.29, 0.717) is 17.3 Å². The van der Waals surface area contributed by atoms with Crippen LogP contribution in [0.15, 0.2) is 36.8 Å². The van der Waals surface area contributed by atoms with Crippen LogP contribution in [0.2, 0.25) is 5.02 Å². The lowest BCUT2D eigenvalue weighted by Gasteiger charge is -2.08. The van der Waals surface area contributed by atoms with Gasteiger partial charge in [-0.25, -0.2) is 14.8 Å². The molecule has 0 bridgehead atoms. The molecule has 0 unspecified atom stereocenters. The molecule has 6 heteroatoms. The largest absolute Gasteiger partial charge is 0.478 e. The molecule has 2 N–H and O–H groups in total. The fourth-order valence-electron chi connectivity index (χ4n) is 1.40. The number of hydrogen-bond acceptors (Lipinski definition) is 4. The number of carboxylic acids is 1. The Labute approximate surface area is 108 Å². The Kier molecular flexibility index (Phi) is 3.74. The van der Waals surface area contributed by atoms with E-state index in [1.165, 1.54) is 18.5 Å². The first-order valence-electron chi connectivity index (χ1n) is 5.18. The van der Waals surface area contributed by atoms with Gasteiger partial charge in [0.25, 0.3) is 0 Å². The first-order chi connectivity index (χ1) is 8.66. The van der Waals surface area contributed by atoms with Crippen molar-refractivity contribution in [2.45, 2.75) is 6.54 Å². The number of nitrogens with zero attached hydrogens (tertiary/aromatic N) is 2. The molecule has 1 aromatic carbocycles. The summed E-state index contributed by atoms with van der Waals surface area (Å²) in [6.45, 7) is 0.495. The molecule has 0 saturated heterocycles. The average Bonchev–Trinajstić information content (AvgIpc) is 2.38. The van der Waals surface area contributed by atoms with Crippen LogP contribution < -0.4 is 5.32 Å². The smallest absolute Gasteiger partial charge is 0.335 e. The molecule has 2 aromatic rings. The molecule has 0 aliphatic rings. The van der Waals surface area contributed by atoms with Crippen LogP contribution >= 0.6 is 11.6 Å². The van der Waals surface area contributed by atoms with Crippen molar-refractivity contribution >= 4 is 23.3 Å². The van der Waals surface area contributed by atoms with Crippen molar-refractivity contribution in [3.63, 3.8) is 0 Å². The number of carboxylic acid groups (broad SMARTS) is 1. The molecule has 2 rings (SSSR count). The Morgan fingerprint density at radius 2 is 2.22 bits per heavy atom. The standard InChI is InChI=1S/C12H10ClN3O2/c13-10-5-8(12(17)18)1-2-11(10)15-6-9-3-4-14-7-16-9/h1-5,7,15H,6H2,(H,17,18). The van der Waals surface area contributed by atoms with Crippen molar-refractivity contribution in [3.05, 3.63) is 53.1 Å². The summed E-state index contributed by atoms with van der Waals surface area (Å²) in [6.07, 6.45) is 3.12. The van der Waals surface area contributed by atoms with Crippen LogP contribution in [0.1, 0.15) is 16.1 Å². The number of aromatic nitrogens is 2. The van der Waals surface area contributed by atoms with E-state index < -0.39 is 5.97 Å². The first kappa shape index (κ1) is 12.3. The summed E-state index contributed by atoms with van der Waals surface area (Å²) in [5.41, 5.74) is 1.65. The molecular formula is C12H10ClN3O2. The van der Waals surface area contributed by atoms with Crippen LogP contribution in [0, 0.1) is 0 Å². The molecule has 1 aromatic heterocycles. The van der Waals surface area contributed by atoms with Crippen molar-refractivity contribution in [1.82, 2.24) is 9.97 Å². The zero-order chi connectivity index (χ0) is 13.0. The summed E-state index contributed by atoms with van der Waals surface area (Å²) < 4.78 is 0. The molecule has 5 nitrogen and oxygen atoms in total. The summed E-state index contributed by atoms with van der Waals surface area (Å²) >= 11 is 5.98. The van der Waals surface area contributed by atoms with Gasteiger partial charge in [0.1, 0.15) is 6.33 Å². The molecule has 0 aliphatic carbocycles. The number of nitrogens with one attached hydrogen (secondary N) is 1. The van der Waals surface area contributed by atoms with Crippen LogP contribution in [0.3, 0.4) is 0 Å². The Balaban J connectivity index is 2.08. The quantitative estimate of drug-likeness (QED) is 0.886. The van der Waals surface area contributed by atoms with Crippen LogP contribution in [-0.2, 0) is 6.54 Å². The van der Waals surface area contributed by atoms with Crippen molar-refractivity contribution in [1.29, 1.82) is 0 Å². The second kappa shape index (κ2) is 5.46. The van der Waals surface area contributed by atoms with Crippen LogP contribution in [0.5, 0.6) is 0 Å². The highest BCUT2D eigenvalue weighted by Crippen LogP contribution is 2.23. The highest BCUT2D eigenvalue weighted by Gasteiger charge is 2.06. The van der Waals surface area contributed by atoms with Gasteiger partial charge in [-0.1, -0.05) is 11.6 Å². The normalized spacial score (nSPS) is 10.1. The lowest BCUT2D eigenvalue weighted by molar-refractivity contribution is 0.0697. The molecule has 0 atom stereocenters. The minimum Gasteiger partial charge on any atom is -0.478 e. The van der Waals surface area contributed by atoms with Crippen LogP contribution in [-0.4, -0.2) is 21.0 Å². The first-order valence-corrected chi connectivity index (χ1v) is 5.56. The number of aromatic carboxylic acids is 1. The molecular weight excluding hydrogens is 254 g/mol. The predicted molar refractivity (Wildman–Crippen MR) is 67.8 cm³/mol. The third kappa shape index (κ3) is 2.95.